The van der Waals surface area contributed by atoms with Crippen molar-refractivity contribution in [1.82, 2.24) is 30.8 Å². The highest BCUT2D eigenvalue weighted by Gasteiger charge is 2.06. The van der Waals surface area contributed by atoms with Crippen LogP contribution in [0.4, 0.5) is 0 Å². The number of rotatable bonds is 5. The Kier molecular flexibility index (Phi) is 5.91. The Morgan fingerprint density at radius 3 is 2.89 bits per heavy atom. The minimum absolute atomic E-state index is 0. The van der Waals surface area contributed by atoms with E-state index in [9.17, 15) is 4.79 Å². The normalized spacial score (nSPS) is 9.74. The van der Waals surface area contributed by atoms with Crippen molar-refractivity contribution in [2.75, 3.05) is 20.1 Å². The molecule has 0 aliphatic heterocycles. The molecule has 7 nitrogen and oxygen atoms in total. The second-order valence-corrected chi connectivity index (χ2v) is 3.66. The summed E-state index contributed by atoms with van der Waals surface area (Å²) in [5, 5.41) is 16.7. The van der Waals surface area contributed by atoms with E-state index in [4.69, 9.17) is 0 Å². The van der Waals surface area contributed by atoms with Crippen molar-refractivity contribution >= 4 is 18.3 Å². The van der Waals surface area contributed by atoms with Crippen molar-refractivity contribution in [3.05, 3.63) is 36.2 Å². The van der Waals surface area contributed by atoms with E-state index in [2.05, 4.69) is 26.2 Å². The predicted molar refractivity (Wildman–Crippen MR) is 72.7 cm³/mol. The number of hydrogen-bond donors (Lipinski definition) is 2. The van der Waals surface area contributed by atoms with Crippen LogP contribution in [-0.2, 0) is 0 Å². The lowest BCUT2D eigenvalue weighted by Gasteiger charge is -2.06. The number of hydrogen-bond acceptors (Lipinski definition) is 5. The van der Waals surface area contributed by atoms with Crippen molar-refractivity contribution in [3.8, 4) is 5.69 Å². The summed E-state index contributed by atoms with van der Waals surface area (Å²) in [5.74, 6) is -0.111. The van der Waals surface area contributed by atoms with Crippen LogP contribution in [0.25, 0.3) is 5.69 Å². The van der Waals surface area contributed by atoms with Crippen LogP contribution in [0.15, 0.2) is 30.6 Å². The average Bonchev–Trinajstić information content (AvgIpc) is 2.93. The Hall–Kier alpha value is -1.99. The Balaban J connectivity index is 0.00000180. The van der Waals surface area contributed by atoms with Gasteiger partial charge in [0, 0.05) is 18.7 Å². The van der Waals surface area contributed by atoms with Crippen LogP contribution < -0.4 is 10.6 Å². The molecular formula is C11H15ClN6O. The zero-order chi connectivity index (χ0) is 12.8. The first-order valence-corrected chi connectivity index (χ1v) is 5.57. The highest BCUT2D eigenvalue weighted by Crippen LogP contribution is 2.08. The summed E-state index contributed by atoms with van der Waals surface area (Å²) in [6.07, 6.45) is 1.48. The number of halogens is 1. The van der Waals surface area contributed by atoms with Crippen molar-refractivity contribution in [3.63, 3.8) is 0 Å². The zero-order valence-corrected chi connectivity index (χ0v) is 11.2. The van der Waals surface area contributed by atoms with E-state index in [1.165, 1.54) is 11.0 Å². The summed E-state index contributed by atoms with van der Waals surface area (Å²) in [6, 6.07) is 7.12. The molecule has 0 aliphatic carbocycles. The largest absolute Gasteiger partial charge is 0.351 e. The molecule has 2 N–H and O–H groups in total. The number of carbonyl (C=O) groups excluding carboxylic acids is 1. The van der Waals surface area contributed by atoms with Gasteiger partial charge in [0.25, 0.3) is 5.91 Å². The first-order chi connectivity index (χ1) is 8.81. The molecule has 0 radical (unpaired) electrons. The van der Waals surface area contributed by atoms with Gasteiger partial charge in [0.05, 0.1) is 5.69 Å². The Labute approximate surface area is 116 Å². The van der Waals surface area contributed by atoms with Gasteiger partial charge in [-0.05, 0) is 35.7 Å². The first-order valence-electron chi connectivity index (χ1n) is 5.57. The molecule has 0 fully saturated rings. The molecule has 1 amide bonds. The third-order valence-corrected chi connectivity index (χ3v) is 2.38. The number of amides is 1. The third kappa shape index (κ3) is 4.01. The van der Waals surface area contributed by atoms with Crippen LogP contribution in [0, 0.1) is 0 Å². The van der Waals surface area contributed by atoms with Crippen LogP contribution >= 0.6 is 12.4 Å². The standard InChI is InChI=1S/C11H14N6O.ClH/c1-12-5-6-13-11(18)9-3-2-4-10(7-9)17-8-14-15-16-17;/h2-4,7-8,12H,5-6H2,1H3,(H,13,18);1H. The molecular weight excluding hydrogens is 268 g/mol. The van der Waals surface area contributed by atoms with E-state index in [1.807, 2.05) is 13.1 Å². The second kappa shape index (κ2) is 7.45. The van der Waals surface area contributed by atoms with E-state index >= 15 is 0 Å². The number of tetrazole rings is 1. The fourth-order valence-electron chi connectivity index (χ4n) is 1.47. The van der Waals surface area contributed by atoms with Gasteiger partial charge in [-0.15, -0.1) is 17.5 Å². The lowest BCUT2D eigenvalue weighted by atomic mass is 10.2. The van der Waals surface area contributed by atoms with Gasteiger partial charge in [-0.3, -0.25) is 4.79 Å². The van der Waals surface area contributed by atoms with Crippen molar-refractivity contribution in [1.29, 1.82) is 0 Å². The smallest absolute Gasteiger partial charge is 0.251 e. The van der Waals surface area contributed by atoms with E-state index in [0.717, 1.165) is 12.2 Å². The van der Waals surface area contributed by atoms with Crippen molar-refractivity contribution in [2.45, 2.75) is 0 Å². The lowest BCUT2D eigenvalue weighted by molar-refractivity contribution is 0.0954. The summed E-state index contributed by atoms with van der Waals surface area (Å²) < 4.78 is 1.50. The number of benzene rings is 1. The summed E-state index contributed by atoms with van der Waals surface area (Å²) in [7, 11) is 1.84. The van der Waals surface area contributed by atoms with Gasteiger partial charge < -0.3 is 10.6 Å². The number of nitrogens with one attached hydrogen (secondary N) is 2. The summed E-state index contributed by atoms with van der Waals surface area (Å²) in [6.45, 7) is 1.32. The quantitative estimate of drug-likeness (QED) is 0.756. The van der Waals surface area contributed by atoms with Crippen LogP contribution in [0.1, 0.15) is 10.4 Å². The molecule has 0 aliphatic rings. The summed E-state index contributed by atoms with van der Waals surface area (Å²) >= 11 is 0. The lowest BCUT2D eigenvalue weighted by Crippen LogP contribution is -2.30. The number of likely N-dealkylation sites (N-methyl/N-ethyl adjacent to an activating group) is 1. The van der Waals surface area contributed by atoms with Crippen LogP contribution in [-0.4, -0.2) is 46.3 Å². The third-order valence-electron chi connectivity index (χ3n) is 2.38. The molecule has 19 heavy (non-hydrogen) atoms. The maximum absolute atomic E-state index is 11.8. The van der Waals surface area contributed by atoms with Gasteiger partial charge in [-0.1, -0.05) is 6.07 Å². The number of aromatic nitrogens is 4. The molecule has 0 bridgehead atoms. The molecule has 1 aromatic heterocycles. The van der Waals surface area contributed by atoms with E-state index in [-0.39, 0.29) is 18.3 Å². The molecule has 2 rings (SSSR count). The highest BCUT2D eigenvalue weighted by atomic mass is 35.5. The monoisotopic (exact) mass is 282 g/mol. The van der Waals surface area contributed by atoms with Crippen LogP contribution in [0.2, 0.25) is 0 Å². The summed E-state index contributed by atoms with van der Waals surface area (Å²) in [5.41, 5.74) is 1.33. The average molecular weight is 283 g/mol. The fourth-order valence-corrected chi connectivity index (χ4v) is 1.47. The number of carbonyl (C=O) groups is 1. The fraction of sp³-hybridized carbons (Fsp3) is 0.273. The number of nitrogens with zero attached hydrogens (tertiary/aromatic N) is 4. The molecule has 1 heterocycles. The molecule has 0 atom stereocenters. The van der Waals surface area contributed by atoms with Crippen molar-refractivity contribution in [2.24, 2.45) is 0 Å². The van der Waals surface area contributed by atoms with Crippen molar-refractivity contribution < 1.29 is 4.79 Å². The molecule has 0 saturated heterocycles. The molecule has 0 spiro atoms. The van der Waals surface area contributed by atoms with E-state index in [0.29, 0.717) is 12.1 Å². The molecule has 0 unspecified atom stereocenters. The van der Waals surface area contributed by atoms with Gasteiger partial charge in [-0.2, -0.15) is 0 Å². The molecule has 1 aromatic carbocycles. The molecule has 8 heteroatoms. The topological polar surface area (TPSA) is 84.7 Å². The minimum Gasteiger partial charge on any atom is -0.351 e. The van der Waals surface area contributed by atoms with E-state index < -0.39 is 0 Å². The molecule has 2 aromatic rings. The molecule has 102 valence electrons. The Morgan fingerprint density at radius 1 is 1.37 bits per heavy atom. The van der Waals surface area contributed by atoms with Crippen LogP contribution in [0.3, 0.4) is 0 Å². The van der Waals surface area contributed by atoms with Gasteiger partial charge in [0.1, 0.15) is 6.33 Å². The van der Waals surface area contributed by atoms with Gasteiger partial charge in [0.15, 0.2) is 0 Å². The van der Waals surface area contributed by atoms with Crippen LogP contribution in [0.5, 0.6) is 0 Å². The predicted octanol–water partition coefficient (Wildman–Crippen LogP) is 0.0333. The second-order valence-electron chi connectivity index (χ2n) is 3.66. The van der Waals surface area contributed by atoms with E-state index in [1.54, 1.807) is 18.2 Å². The van der Waals surface area contributed by atoms with Gasteiger partial charge in [-0.25, -0.2) is 4.68 Å². The molecule has 0 saturated carbocycles. The first kappa shape index (κ1) is 15.1. The maximum atomic E-state index is 11.8. The highest BCUT2D eigenvalue weighted by molar-refractivity contribution is 5.94. The van der Waals surface area contributed by atoms with Gasteiger partial charge >= 0.3 is 0 Å². The zero-order valence-electron chi connectivity index (χ0n) is 10.4. The SMILES string of the molecule is CNCCNC(=O)c1cccc(-n2cnnn2)c1.Cl. The Bertz CT molecular complexity index is 516. The minimum atomic E-state index is -0.111. The maximum Gasteiger partial charge on any atom is 0.251 e. The Morgan fingerprint density at radius 2 is 2.21 bits per heavy atom. The van der Waals surface area contributed by atoms with Gasteiger partial charge in [0.2, 0.25) is 0 Å². The summed E-state index contributed by atoms with van der Waals surface area (Å²) in [4.78, 5) is 11.8.